The maximum atomic E-state index is 13.2. The Balaban J connectivity index is 1.37. The summed E-state index contributed by atoms with van der Waals surface area (Å²) in [5.41, 5.74) is 2.84. The second-order valence-corrected chi connectivity index (χ2v) is 9.13. The number of para-hydroxylation sites is 1. The summed E-state index contributed by atoms with van der Waals surface area (Å²) in [4.78, 5) is 17.6. The minimum atomic E-state index is -0.470. The summed E-state index contributed by atoms with van der Waals surface area (Å²) < 4.78 is 6.25. The van der Waals surface area contributed by atoms with Gasteiger partial charge in [0.25, 0.3) is 0 Å². The molecule has 1 saturated carbocycles. The number of benzene rings is 2. The quantitative estimate of drug-likeness (QED) is 0.601. The second-order valence-electron chi connectivity index (χ2n) is 9.13. The summed E-state index contributed by atoms with van der Waals surface area (Å²) in [6, 6.07) is 19.2. The van der Waals surface area contributed by atoms with Gasteiger partial charge in [0.2, 0.25) is 0 Å². The highest BCUT2D eigenvalue weighted by molar-refractivity contribution is 5.91. The molecular weight excluding hydrogens is 372 g/mol. The van der Waals surface area contributed by atoms with Gasteiger partial charge in [-0.2, -0.15) is 0 Å². The first-order valence-corrected chi connectivity index (χ1v) is 11.6. The maximum absolute atomic E-state index is 13.2. The Bertz CT molecular complexity index is 866. The number of likely N-dealkylation sites (tertiary alicyclic amines) is 1. The van der Waals surface area contributed by atoms with Crippen LogP contribution in [0.15, 0.2) is 54.6 Å². The molecule has 1 aliphatic carbocycles. The number of hydrogen-bond acceptors (Lipinski definition) is 3. The van der Waals surface area contributed by atoms with Crippen LogP contribution < -0.4 is 4.90 Å². The SMILES string of the molecule is O=C1OC2(CCN(C3CCCCCC3)CC2)c2ccccc2N1Cc1ccccc1. The van der Waals surface area contributed by atoms with Crippen molar-refractivity contribution in [3.05, 3.63) is 65.7 Å². The van der Waals surface area contributed by atoms with Crippen LogP contribution in [0.2, 0.25) is 0 Å². The largest absolute Gasteiger partial charge is 0.437 e. The molecule has 1 amide bonds. The van der Waals surface area contributed by atoms with Gasteiger partial charge in [0, 0.05) is 37.5 Å². The number of fused-ring (bicyclic) bond motifs is 2. The van der Waals surface area contributed by atoms with E-state index < -0.39 is 5.60 Å². The first-order valence-electron chi connectivity index (χ1n) is 11.6. The fourth-order valence-electron chi connectivity index (χ4n) is 5.63. The van der Waals surface area contributed by atoms with E-state index in [1.807, 2.05) is 24.3 Å². The first kappa shape index (κ1) is 19.6. The van der Waals surface area contributed by atoms with Gasteiger partial charge in [-0.05, 0) is 24.5 Å². The number of hydrogen-bond donors (Lipinski definition) is 0. The summed E-state index contributed by atoms with van der Waals surface area (Å²) in [7, 11) is 0. The number of piperidine rings is 1. The lowest BCUT2D eigenvalue weighted by Crippen LogP contribution is -2.53. The molecule has 4 heteroatoms. The van der Waals surface area contributed by atoms with E-state index in [9.17, 15) is 4.79 Å². The van der Waals surface area contributed by atoms with Gasteiger partial charge in [0.05, 0.1) is 12.2 Å². The standard InChI is InChI=1S/C26H32N2O2/c29-25-28(20-21-10-4-3-5-11-21)24-15-9-8-14-23(24)26(30-25)16-18-27(19-17-26)22-12-6-1-2-7-13-22/h3-5,8-11,14-15,22H,1-2,6-7,12-13,16-20H2. The van der Waals surface area contributed by atoms with Crippen molar-refractivity contribution in [3.63, 3.8) is 0 Å². The minimum absolute atomic E-state index is 0.208. The Morgan fingerprint density at radius 2 is 1.53 bits per heavy atom. The Labute approximate surface area is 179 Å². The van der Waals surface area contributed by atoms with Gasteiger partial charge in [0.1, 0.15) is 5.60 Å². The van der Waals surface area contributed by atoms with Crippen molar-refractivity contribution < 1.29 is 9.53 Å². The molecule has 5 rings (SSSR count). The Morgan fingerprint density at radius 3 is 2.27 bits per heavy atom. The fourth-order valence-corrected chi connectivity index (χ4v) is 5.63. The van der Waals surface area contributed by atoms with Crippen LogP contribution in [-0.2, 0) is 16.9 Å². The monoisotopic (exact) mass is 404 g/mol. The van der Waals surface area contributed by atoms with Crippen LogP contribution in [0, 0.1) is 0 Å². The lowest BCUT2D eigenvalue weighted by atomic mass is 9.81. The predicted molar refractivity (Wildman–Crippen MR) is 120 cm³/mol. The number of ether oxygens (including phenoxy) is 1. The zero-order valence-electron chi connectivity index (χ0n) is 17.8. The van der Waals surface area contributed by atoms with E-state index in [1.54, 1.807) is 4.90 Å². The molecule has 3 aliphatic rings. The molecule has 0 N–H and O–H groups in total. The van der Waals surface area contributed by atoms with Crippen LogP contribution >= 0.6 is 0 Å². The summed E-state index contributed by atoms with van der Waals surface area (Å²) >= 11 is 0. The van der Waals surface area contributed by atoms with Crippen molar-refractivity contribution in [1.29, 1.82) is 0 Å². The van der Waals surface area contributed by atoms with Crippen molar-refractivity contribution in [2.45, 2.75) is 69.6 Å². The van der Waals surface area contributed by atoms with Crippen LogP contribution in [0.1, 0.15) is 62.5 Å². The third-order valence-electron chi connectivity index (χ3n) is 7.32. The van der Waals surface area contributed by atoms with E-state index in [-0.39, 0.29) is 6.09 Å². The minimum Gasteiger partial charge on any atom is -0.437 e. The Hall–Kier alpha value is -2.33. The topological polar surface area (TPSA) is 32.8 Å². The molecular formula is C26H32N2O2. The lowest BCUT2D eigenvalue weighted by Gasteiger charge is -2.48. The third kappa shape index (κ3) is 3.74. The summed E-state index contributed by atoms with van der Waals surface area (Å²) in [6.45, 7) is 2.58. The highest BCUT2D eigenvalue weighted by Gasteiger charge is 2.47. The highest BCUT2D eigenvalue weighted by Crippen LogP contribution is 2.46. The molecule has 2 aromatic carbocycles. The predicted octanol–water partition coefficient (Wildman–Crippen LogP) is 5.86. The van der Waals surface area contributed by atoms with Gasteiger partial charge in [-0.15, -0.1) is 0 Å². The van der Waals surface area contributed by atoms with E-state index in [2.05, 4.69) is 35.2 Å². The van der Waals surface area contributed by atoms with E-state index in [1.165, 1.54) is 44.1 Å². The number of carbonyl (C=O) groups is 1. The maximum Gasteiger partial charge on any atom is 0.415 e. The van der Waals surface area contributed by atoms with Gasteiger partial charge >= 0.3 is 6.09 Å². The number of anilines is 1. The molecule has 1 spiro atoms. The smallest absolute Gasteiger partial charge is 0.415 e. The van der Waals surface area contributed by atoms with E-state index >= 15 is 0 Å². The summed E-state index contributed by atoms with van der Waals surface area (Å²) in [5.74, 6) is 0. The molecule has 0 unspecified atom stereocenters. The van der Waals surface area contributed by atoms with Gasteiger partial charge in [-0.3, -0.25) is 4.90 Å². The van der Waals surface area contributed by atoms with Crippen molar-refractivity contribution >= 4 is 11.8 Å². The molecule has 1 saturated heterocycles. The number of amides is 1. The second kappa shape index (κ2) is 8.43. The van der Waals surface area contributed by atoms with Crippen LogP contribution in [-0.4, -0.2) is 30.1 Å². The van der Waals surface area contributed by atoms with Crippen molar-refractivity contribution in [2.75, 3.05) is 18.0 Å². The van der Waals surface area contributed by atoms with E-state index in [0.717, 1.165) is 37.2 Å². The van der Waals surface area contributed by atoms with Gasteiger partial charge in [0.15, 0.2) is 0 Å². The first-order chi connectivity index (χ1) is 14.8. The van der Waals surface area contributed by atoms with Crippen LogP contribution in [0.25, 0.3) is 0 Å². The Kier molecular flexibility index (Phi) is 5.51. The van der Waals surface area contributed by atoms with E-state index in [0.29, 0.717) is 12.6 Å². The average molecular weight is 405 g/mol. The number of nitrogens with zero attached hydrogens (tertiary/aromatic N) is 2. The van der Waals surface area contributed by atoms with Crippen LogP contribution in [0.3, 0.4) is 0 Å². The molecule has 0 bridgehead atoms. The van der Waals surface area contributed by atoms with Crippen molar-refractivity contribution in [1.82, 2.24) is 4.90 Å². The lowest BCUT2D eigenvalue weighted by molar-refractivity contribution is -0.0508. The summed E-state index contributed by atoms with van der Waals surface area (Å²) in [6.07, 6.45) is 9.73. The molecule has 2 aromatic rings. The third-order valence-corrected chi connectivity index (χ3v) is 7.32. The number of rotatable bonds is 3. The van der Waals surface area contributed by atoms with Crippen LogP contribution in [0.4, 0.5) is 10.5 Å². The molecule has 0 atom stereocenters. The van der Waals surface area contributed by atoms with Gasteiger partial charge in [-0.1, -0.05) is 74.2 Å². The molecule has 158 valence electrons. The fraction of sp³-hybridized carbons (Fsp3) is 0.500. The highest BCUT2D eigenvalue weighted by atomic mass is 16.6. The zero-order valence-corrected chi connectivity index (χ0v) is 17.8. The van der Waals surface area contributed by atoms with Crippen LogP contribution in [0.5, 0.6) is 0 Å². The van der Waals surface area contributed by atoms with Crippen molar-refractivity contribution in [2.24, 2.45) is 0 Å². The molecule has 4 nitrogen and oxygen atoms in total. The average Bonchev–Trinajstić information content (AvgIpc) is 3.08. The summed E-state index contributed by atoms with van der Waals surface area (Å²) in [5, 5.41) is 0. The molecule has 30 heavy (non-hydrogen) atoms. The van der Waals surface area contributed by atoms with E-state index in [4.69, 9.17) is 4.74 Å². The molecule has 2 heterocycles. The molecule has 0 aromatic heterocycles. The number of carbonyl (C=O) groups excluding carboxylic acids is 1. The van der Waals surface area contributed by atoms with Gasteiger partial charge < -0.3 is 9.64 Å². The Morgan fingerprint density at radius 1 is 0.867 bits per heavy atom. The zero-order chi connectivity index (χ0) is 20.4. The normalized spacial score (nSPS) is 22.4. The molecule has 0 radical (unpaired) electrons. The molecule has 2 aliphatic heterocycles. The van der Waals surface area contributed by atoms with Gasteiger partial charge in [-0.25, -0.2) is 4.79 Å². The van der Waals surface area contributed by atoms with Crippen molar-refractivity contribution in [3.8, 4) is 0 Å². The molecule has 2 fully saturated rings.